The largest absolute Gasteiger partial charge is 0.307 e. The fourth-order valence-electron chi connectivity index (χ4n) is 3.29. The molecular weight excluding hydrogens is 254 g/mol. The molecule has 0 aromatic heterocycles. The topological polar surface area (TPSA) is 12.0 Å². The van der Waals surface area contributed by atoms with Gasteiger partial charge in [-0.1, -0.05) is 49.9 Å². The predicted octanol–water partition coefficient (Wildman–Crippen LogP) is 5.35. The molecule has 2 atom stereocenters. The third kappa shape index (κ3) is 4.22. The standard InChI is InChI=1S/C17H26ClN/c1-3-17(15-7-5-4-6-8-15)19-13(2)14-9-11-16(18)12-10-14/h9-13,15,17,19H,3-8H2,1-2H3. The number of benzene rings is 1. The molecule has 19 heavy (non-hydrogen) atoms. The van der Waals surface area contributed by atoms with E-state index in [1.807, 2.05) is 12.1 Å². The van der Waals surface area contributed by atoms with Crippen molar-refractivity contribution in [1.82, 2.24) is 5.32 Å². The second kappa shape index (κ2) is 7.31. The Morgan fingerprint density at radius 1 is 1.16 bits per heavy atom. The smallest absolute Gasteiger partial charge is 0.0406 e. The van der Waals surface area contributed by atoms with Gasteiger partial charge < -0.3 is 5.32 Å². The Kier molecular flexibility index (Phi) is 5.72. The molecule has 2 heteroatoms. The van der Waals surface area contributed by atoms with Gasteiger partial charge in [0.25, 0.3) is 0 Å². The lowest BCUT2D eigenvalue weighted by Crippen LogP contribution is -2.38. The molecule has 1 aliphatic rings. The van der Waals surface area contributed by atoms with Crippen LogP contribution in [0.25, 0.3) is 0 Å². The molecule has 0 spiro atoms. The molecule has 1 nitrogen and oxygen atoms in total. The van der Waals surface area contributed by atoms with E-state index in [1.54, 1.807) is 0 Å². The molecule has 0 bridgehead atoms. The van der Waals surface area contributed by atoms with Crippen LogP contribution < -0.4 is 5.32 Å². The minimum atomic E-state index is 0.407. The summed E-state index contributed by atoms with van der Waals surface area (Å²) in [6.45, 7) is 4.57. The Morgan fingerprint density at radius 3 is 2.37 bits per heavy atom. The summed E-state index contributed by atoms with van der Waals surface area (Å²) in [5.41, 5.74) is 1.33. The van der Waals surface area contributed by atoms with Crippen LogP contribution in [0.15, 0.2) is 24.3 Å². The number of halogens is 1. The van der Waals surface area contributed by atoms with Gasteiger partial charge >= 0.3 is 0 Å². The van der Waals surface area contributed by atoms with Gasteiger partial charge in [-0.25, -0.2) is 0 Å². The number of nitrogens with one attached hydrogen (secondary N) is 1. The van der Waals surface area contributed by atoms with Crippen molar-refractivity contribution in [1.29, 1.82) is 0 Å². The highest BCUT2D eigenvalue weighted by Gasteiger charge is 2.23. The minimum absolute atomic E-state index is 0.407. The van der Waals surface area contributed by atoms with E-state index in [9.17, 15) is 0 Å². The molecule has 1 aliphatic carbocycles. The molecule has 106 valence electrons. The highest BCUT2D eigenvalue weighted by atomic mass is 35.5. The van der Waals surface area contributed by atoms with E-state index >= 15 is 0 Å². The van der Waals surface area contributed by atoms with Gasteiger partial charge in [-0.05, 0) is 49.8 Å². The molecule has 1 aromatic carbocycles. The van der Waals surface area contributed by atoms with Crippen LogP contribution in [0.3, 0.4) is 0 Å². The molecule has 2 rings (SSSR count). The summed E-state index contributed by atoms with van der Waals surface area (Å²) in [4.78, 5) is 0. The van der Waals surface area contributed by atoms with Gasteiger partial charge in [0.2, 0.25) is 0 Å². The number of rotatable bonds is 5. The second-order valence-electron chi connectivity index (χ2n) is 5.85. The van der Waals surface area contributed by atoms with Crippen molar-refractivity contribution in [3.05, 3.63) is 34.9 Å². The molecule has 0 heterocycles. The molecule has 0 radical (unpaired) electrons. The first-order chi connectivity index (χ1) is 9.20. The Hall–Kier alpha value is -0.530. The van der Waals surface area contributed by atoms with Crippen LogP contribution in [-0.4, -0.2) is 6.04 Å². The monoisotopic (exact) mass is 279 g/mol. The van der Waals surface area contributed by atoms with Gasteiger partial charge in [0.05, 0.1) is 0 Å². The predicted molar refractivity (Wildman–Crippen MR) is 83.7 cm³/mol. The third-order valence-corrected chi connectivity index (χ3v) is 4.74. The summed E-state index contributed by atoms with van der Waals surface area (Å²) >= 11 is 5.95. The van der Waals surface area contributed by atoms with Crippen molar-refractivity contribution in [2.75, 3.05) is 0 Å². The second-order valence-corrected chi connectivity index (χ2v) is 6.29. The van der Waals surface area contributed by atoms with Crippen LogP contribution in [0.4, 0.5) is 0 Å². The first-order valence-corrected chi connectivity index (χ1v) is 8.10. The summed E-state index contributed by atoms with van der Waals surface area (Å²) < 4.78 is 0. The fraction of sp³-hybridized carbons (Fsp3) is 0.647. The highest BCUT2D eigenvalue weighted by molar-refractivity contribution is 6.30. The van der Waals surface area contributed by atoms with Crippen molar-refractivity contribution in [2.24, 2.45) is 5.92 Å². The number of hydrogen-bond donors (Lipinski definition) is 1. The van der Waals surface area contributed by atoms with Gasteiger partial charge in [-0.2, -0.15) is 0 Å². The van der Waals surface area contributed by atoms with Crippen LogP contribution >= 0.6 is 11.6 Å². The van der Waals surface area contributed by atoms with Crippen molar-refractivity contribution in [3.8, 4) is 0 Å². The van der Waals surface area contributed by atoms with E-state index in [4.69, 9.17) is 11.6 Å². The normalized spacial score (nSPS) is 20.2. The summed E-state index contributed by atoms with van der Waals surface area (Å²) in [5.74, 6) is 0.869. The van der Waals surface area contributed by atoms with Crippen molar-refractivity contribution < 1.29 is 0 Å². The zero-order chi connectivity index (χ0) is 13.7. The molecular formula is C17H26ClN. The van der Waals surface area contributed by atoms with Gasteiger partial charge in [0.1, 0.15) is 0 Å². The van der Waals surface area contributed by atoms with Gasteiger partial charge in [0.15, 0.2) is 0 Å². The average Bonchev–Trinajstić information content (AvgIpc) is 2.46. The average molecular weight is 280 g/mol. The fourth-order valence-corrected chi connectivity index (χ4v) is 3.42. The Labute approximate surface area is 122 Å². The van der Waals surface area contributed by atoms with E-state index in [-0.39, 0.29) is 0 Å². The Morgan fingerprint density at radius 2 is 1.79 bits per heavy atom. The maximum absolute atomic E-state index is 5.95. The number of hydrogen-bond acceptors (Lipinski definition) is 1. The first-order valence-electron chi connectivity index (χ1n) is 7.72. The molecule has 2 unspecified atom stereocenters. The SMILES string of the molecule is CCC(NC(C)c1ccc(Cl)cc1)C1CCCCC1. The van der Waals surface area contributed by atoms with Crippen LogP contribution in [-0.2, 0) is 0 Å². The summed E-state index contributed by atoms with van der Waals surface area (Å²) in [5, 5.41) is 4.64. The zero-order valence-corrected chi connectivity index (χ0v) is 12.9. The van der Waals surface area contributed by atoms with E-state index in [1.165, 1.54) is 44.1 Å². The minimum Gasteiger partial charge on any atom is -0.307 e. The van der Waals surface area contributed by atoms with Crippen molar-refractivity contribution >= 4 is 11.6 Å². The van der Waals surface area contributed by atoms with Crippen LogP contribution in [0, 0.1) is 5.92 Å². The Bertz CT molecular complexity index is 367. The molecule has 1 fully saturated rings. The molecule has 0 amide bonds. The van der Waals surface area contributed by atoms with E-state index in [2.05, 4.69) is 31.3 Å². The van der Waals surface area contributed by atoms with Gasteiger partial charge in [-0.3, -0.25) is 0 Å². The molecule has 1 N–H and O–H groups in total. The maximum atomic E-state index is 5.95. The Balaban J connectivity index is 1.95. The molecule has 0 aliphatic heterocycles. The zero-order valence-electron chi connectivity index (χ0n) is 12.2. The van der Waals surface area contributed by atoms with E-state index in [0.29, 0.717) is 12.1 Å². The van der Waals surface area contributed by atoms with Crippen LogP contribution in [0.1, 0.15) is 64.0 Å². The lowest BCUT2D eigenvalue weighted by Gasteiger charge is -2.32. The summed E-state index contributed by atoms with van der Waals surface area (Å²) in [7, 11) is 0. The van der Waals surface area contributed by atoms with Crippen molar-refractivity contribution in [2.45, 2.75) is 64.5 Å². The quantitative estimate of drug-likeness (QED) is 0.766. The molecule has 1 saturated carbocycles. The molecule has 1 aromatic rings. The highest BCUT2D eigenvalue weighted by Crippen LogP contribution is 2.29. The van der Waals surface area contributed by atoms with Gasteiger partial charge in [-0.15, -0.1) is 0 Å². The molecule has 0 saturated heterocycles. The lowest BCUT2D eigenvalue weighted by molar-refractivity contribution is 0.249. The van der Waals surface area contributed by atoms with Crippen LogP contribution in [0.2, 0.25) is 5.02 Å². The summed E-state index contributed by atoms with van der Waals surface area (Å²) in [6.07, 6.45) is 8.29. The van der Waals surface area contributed by atoms with Gasteiger partial charge in [0, 0.05) is 17.1 Å². The van der Waals surface area contributed by atoms with E-state index in [0.717, 1.165) is 10.9 Å². The maximum Gasteiger partial charge on any atom is 0.0406 e. The summed E-state index contributed by atoms with van der Waals surface area (Å²) in [6, 6.07) is 9.30. The van der Waals surface area contributed by atoms with Crippen LogP contribution in [0.5, 0.6) is 0 Å². The van der Waals surface area contributed by atoms with E-state index < -0.39 is 0 Å². The van der Waals surface area contributed by atoms with Crippen molar-refractivity contribution in [3.63, 3.8) is 0 Å². The lowest BCUT2D eigenvalue weighted by atomic mass is 9.82. The first kappa shape index (κ1) is 14.9. The third-order valence-electron chi connectivity index (χ3n) is 4.49.